The summed E-state index contributed by atoms with van der Waals surface area (Å²) in [5.74, 6) is -0.0118. The number of hydrogen-bond donors (Lipinski definition) is 0. The van der Waals surface area contributed by atoms with Crippen molar-refractivity contribution in [2.75, 3.05) is 24.2 Å². The molecule has 1 aliphatic rings. The van der Waals surface area contributed by atoms with Gasteiger partial charge in [0, 0.05) is 31.2 Å². The van der Waals surface area contributed by atoms with E-state index < -0.39 is 10.0 Å². The fourth-order valence-corrected chi connectivity index (χ4v) is 3.92. The Labute approximate surface area is 133 Å². The molecule has 0 bridgehead atoms. The van der Waals surface area contributed by atoms with Gasteiger partial charge in [-0.1, -0.05) is 25.1 Å². The van der Waals surface area contributed by atoms with E-state index in [9.17, 15) is 13.2 Å². The first-order valence-electron chi connectivity index (χ1n) is 7.69. The molecule has 0 aromatic heterocycles. The molecule has 2 rings (SSSR count). The van der Waals surface area contributed by atoms with Crippen LogP contribution in [0.15, 0.2) is 24.3 Å². The molecule has 1 aromatic carbocycles. The largest absolute Gasteiger partial charge is 0.309 e. The molecule has 5 nitrogen and oxygen atoms in total. The summed E-state index contributed by atoms with van der Waals surface area (Å²) < 4.78 is 24.8. The second kappa shape index (κ2) is 6.79. The number of anilines is 1. The Balaban J connectivity index is 2.06. The smallest absolute Gasteiger partial charge is 0.228 e. The minimum absolute atomic E-state index is 0.0118. The molecular formula is C16H24N2O3S. The number of hydrogen-bond acceptors (Lipinski definition) is 3. The summed E-state index contributed by atoms with van der Waals surface area (Å²) in [5.41, 5.74) is 2.14. The topological polar surface area (TPSA) is 57.7 Å². The van der Waals surface area contributed by atoms with E-state index in [-0.39, 0.29) is 24.9 Å². The van der Waals surface area contributed by atoms with Crippen LogP contribution in [0, 0.1) is 0 Å². The van der Waals surface area contributed by atoms with Crippen LogP contribution in [0.2, 0.25) is 0 Å². The summed E-state index contributed by atoms with van der Waals surface area (Å²) in [7, 11) is -3.26. The molecular weight excluding hydrogens is 300 g/mol. The Morgan fingerprint density at radius 1 is 1.32 bits per heavy atom. The van der Waals surface area contributed by atoms with E-state index in [4.69, 9.17) is 0 Å². The quantitative estimate of drug-likeness (QED) is 0.804. The van der Waals surface area contributed by atoms with E-state index in [1.165, 1.54) is 16.1 Å². The van der Waals surface area contributed by atoms with Gasteiger partial charge in [-0.2, -0.15) is 0 Å². The van der Waals surface area contributed by atoms with Crippen molar-refractivity contribution in [3.8, 4) is 0 Å². The average molecular weight is 324 g/mol. The molecule has 0 spiro atoms. The van der Waals surface area contributed by atoms with E-state index >= 15 is 0 Å². The van der Waals surface area contributed by atoms with Crippen molar-refractivity contribution >= 4 is 21.6 Å². The highest BCUT2D eigenvalue weighted by molar-refractivity contribution is 7.88. The molecule has 1 aliphatic heterocycles. The molecule has 1 heterocycles. The third kappa shape index (κ3) is 3.67. The molecule has 1 atom stereocenters. The van der Waals surface area contributed by atoms with Crippen molar-refractivity contribution in [3.63, 3.8) is 0 Å². The highest BCUT2D eigenvalue weighted by Crippen LogP contribution is 2.32. The highest BCUT2D eigenvalue weighted by Gasteiger charge is 2.30. The molecule has 1 unspecified atom stereocenters. The number of amides is 1. The van der Waals surface area contributed by atoms with Crippen LogP contribution in [0.3, 0.4) is 0 Å². The van der Waals surface area contributed by atoms with Crippen LogP contribution in [-0.2, 0) is 21.2 Å². The van der Waals surface area contributed by atoms with Crippen molar-refractivity contribution in [1.82, 2.24) is 4.31 Å². The van der Waals surface area contributed by atoms with Gasteiger partial charge in [-0.3, -0.25) is 4.79 Å². The second-order valence-electron chi connectivity index (χ2n) is 5.86. The first kappa shape index (κ1) is 17.0. The van der Waals surface area contributed by atoms with Crippen LogP contribution in [0.5, 0.6) is 0 Å². The SMILES string of the molecule is CCCN(CCC(=O)N1c2ccccc2CC1C)S(C)(=O)=O. The lowest BCUT2D eigenvalue weighted by Crippen LogP contribution is -2.39. The van der Waals surface area contributed by atoms with Gasteiger partial charge in [0.15, 0.2) is 0 Å². The Kier molecular flexibility index (Phi) is 5.24. The van der Waals surface area contributed by atoms with Crippen LogP contribution >= 0.6 is 0 Å². The summed E-state index contributed by atoms with van der Waals surface area (Å²) >= 11 is 0. The van der Waals surface area contributed by atoms with Crippen LogP contribution < -0.4 is 4.90 Å². The Morgan fingerprint density at radius 2 is 2.00 bits per heavy atom. The lowest BCUT2D eigenvalue weighted by Gasteiger charge is -2.25. The number of sulfonamides is 1. The van der Waals surface area contributed by atoms with Gasteiger partial charge in [-0.15, -0.1) is 0 Å². The van der Waals surface area contributed by atoms with Gasteiger partial charge < -0.3 is 4.90 Å². The maximum atomic E-state index is 12.6. The summed E-state index contributed by atoms with van der Waals surface area (Å²) in [6.07, 6.45) is 3.00. The molecule has 0 saturated carbocycles. The van der Waals surface area contributed by atoms with Crippen LogP contribution in [0.25, 0.3) is 0 Å². The number of para-hydroxylation sites is 1. The number of benzene rings is 1. The van der Waals surface area contributed by atoms with Crippen molar-refractivity contribution in [1.29, 1.82) is 0 Å². The first-order valence-corrected chi connectivity index (χ1v) is 9.54. The number of nitrogens with zero attached hydrogens (tertiary/aromatic N) is 2. The van der Waals surface area contributed by atoms with E-state index in [1.807, 2.05) is 43.0 Å². The molecule has 1 aromatic rings. The Hall–Kier alpha value is -1.40. The van der Waals surface area contributed by atoms with Crippen LogP contribution in [0.4, 0.5) is 5.69 Å². The van der Waals surface area contributed by atoms with E-state index in [2.05, 4.69) is 0 Å². The molecule has 0 saturated heterocycles. The van der Waals surface area contributed by atoms with Crippen LogP contribution in [-0.4, -0.2) is 44.0 Å². The van der Waals surface area contributed by atoms with Crippen molar-refractivity contribution in [3.05, 3.63) is 29.8 Å². The first-order chi connectivity index (χ1) is 10.3. The van der Waals surface area contributed by atoms with Crippen molar-refractivity contribution in [2.24, 2.45) is 0 Å². The zero-order chi connectivity index (χ0) is 16.3. The summed E-state index contributed by atoms with van der Waals surface area (Å²) in [4.78, 5) is 14.4. The standard InChI is InChI=1S/C16H24N2O3S/c1-4-10-17(22(3,20)21)11-9-16(19)18-13(2)12-14-7-5-6-8-15(14)18/h5-8,13H,4,9-12H2,1-3H3. The van der Waals surface area contributed by atoms with Gasteiger partial charge in [0.2, 0.25) is 15.9 Å². The predicted molar refractivity (Wildman–Crippen MR) is 88.4 cm³/mol. The number of fused-ring (bicyclic) bond motifs is 1. The highest BCUT2D eigenvalue weighted by atomic mass is 32.2. The predicted octanol–water partition coefficient (Wildman–Crippen LogP) is 2.03. The molecule has 122 valence electrons. The zero-order valence-electron chi connectivity index (χ0n) is 13.4. The van der Waals surface area contributed by atoms with Gasteiger partial charge in [-0.05, 0) is 31.4 Å². The minimum Gasteiger partial charge on any atom is -0.309 e. The Morgan fingerprint density at radius 3 is 2.64 bits per heavy atom. The maximum Gasteiger partial charge on any atom is 0.228 e. The van der Waals surface area contributed by atoms with E-state index in [0.29, 0.717) is 6.54 Å². The van der Waals surface area contributed by atoms with Crippen LogP contribution in [0.1, 0.15) is 32.3 Å². The summed E-state index contributed by atoms with van der Waals surface area (Å²) in [5, 5.41) is 0. The monoisotopic (exact) mass is 324 g/mol. The minimum atomic E-state index is -3.26. The zero-order valence-corrected chi connectivity index (χ0v) is 14.3. The third-order valence-electron chi connectivity index (χ3n) is 3.99. The average Bonchev–Trinajstić information content (AvgIpc) is 2.77. The lowest BCUT2D eigenvalue weighted by molar-refractivity contribution is -0.119. The number of carbonyl (C=O) groups excluding carboxylic acids is 1. The van der Waals surface area contributed by atoms with Gasteiger partial charge in [0.05, 0.1) is 6.26 Å². The summed E-state index contributed by atoms with van der Waals surface area (Å²) in [6.45, 7) is 4.66. The molecule has 1 amide bonds. The lowest BCUT2D eigenvalue weighted by atomic mass is 10.1. The van der Waals surface area contributed by atoms with Crippen molar-refractivity contribution < 1.29 is 13.2 Å². The maximum absolute atomic E-state index is 12.6. The molecule has 0 radical (unpaired) electrons. The molecule has 6 heteroatoms. The summed E-state index contributed by atoms with van der Waals surface area (Å²) in [6, 6.07) is 8.03. The van der Waals surface area contributed by atoms with E-state index in [1.54, 1.807) is 0 Å². The van der Waals surface area contributed by atoms with E-state index in [0.717, 1.165) is 18.5 Å². The fraction of sp³-hybridized carbons (Fsp3) is 0.562. The number of carbonyl (C=O) groups is 1. The van der Waals surface area contributed by atoms with Crippen molar-refractivity contribution in [2.45, 2.75) is 39.2 Å². The Bertz CT molecular complexity index is 643. The molecule has 0 N–H and O–H groups in total. The number of rotatable bonds is 6. The normalized spacial score (nSPS) is 17.8. The third-order valence-corrected chi connectivity index (χ3v) is 5.30. The van der Waals surface area contributed by atoms with Gasteiger partial charge in [0.1, 0.15) is 0 Å². The fourth-order valence-electron chi connectivity index (χ4n) is 2.98. The van der Waals surface area contributed by atoms with Gasteiger partial charge >= 0.3 is 0 Å². The molecule has 0 fully saturated rings. The van der Waals surface area contributed by atoms with Gasteiger partial charge in [-0.25, -0.2) is 12.7 Å². The van der Waals surface area contributed by atoms with Gasteiger partial charge in [0.25, 0.3) is 0 Å². The second-order valence-corrected chi connectivity index (χ2v) is 7.84. The molecule has 22 heavy (non-hydrogen) atoms. The molecule has 0 aliphatic carbocycles.